The summed E-state index contributed by atoms with van der Waals surface area (Å²) in [6.45, 7) is 0. The standard InChI is InChI=1S/C28H16N2/c1-2-8-17-16(7-1)15-21-20-11-5-10-19-18-9-3-4-13-23(18)30(28(19)20)24-14-6-12-22-26(24)25(21)27(17)29-22/h1-15,29H. The quantitative estimate of drug-likeness (QED) is 0.279. The molecule has 138 valence electrons. The van der Waals surface area contributed by atoms with Crippen molar-refractivity contribution >= 4 is 70.7 Å². The number of nitrogens with zero attached hydrogens (tertiary/aromatic N) is 1. The third-order valence-corrected chi connectivity index (χ3v) is 6.83. The highest BCUT2D eigenvalue weighted by Gasteiger charge is 2.19. The molecule has 0 unspecified atom stereocenters. The molecule has 0 spiro atoms. The molecule has 2 nitrogen and oxygen atoms in total. The Bertz CT molecular complexity index is 1950. The predicted molar refractivity (Wildman–Crippen MR) is 128 cm³/mol. The molecular formula is C28H16N2. The van der Waals surface area contributed by atoms with Gasteiger partial charge >= 0.3 is 0 Å². The van der Waals surface area contributed by atoms with Gasteiger partial charge in [-0.1, -0.05) is 66.7 Å². The van der Waals surface area contributed by atoms with Crippen LogP contribution < -0.4 is 0 Å². The van der Waals surface area contributed by atoms with Crippen molar-refractivity contribution < 1.29 is 0 Å². The van der Waals surface area contributed by atoms with Crippen LogP contribution in [0.25, 0.3) is 70.7 Å². The van der Waals surface area contributed by atoms with Gasteiger partial charge in [-0.25, -0.2) is 0 Å². The van der Waals surface area contributed by atoms with E-state index in [1.165, 1.54) is 70.7 Å². The lowest BCUT2D eigenvalue weighted by Crippen LogP contribution is -1.84. The summed E-state index contributed by atoms with van der Waals surface area (Å²) in [5.74, 6) is 0. The van der Waals surface area contributed by atoms with Gasteiger partial charge in [-0.2, -0.15) is 0 Å². The van der Waals surface area contributed by atoms with Gasteiger partial charge in [0.15, 0.2) is 0 Å². The van der Waals surface area contributed by atoms with Crippen LogP contribution in [0.15, 0.2) is 91.0 Å². The molecule has 2 heteroatoms. The first-order valence-corrected chi connectivity index (χ1v) is 10.4. The van der Waals surface area contributed by atoms with Gasteiger partial charge in [0.2, 0.25) is 0 Å². The van der Waals surface area contributed by atoms with Gasteiger partial charge in [0.1, 0.15) is 0 Å². The number of fused-ring (bicyclic) bond motifs is 7. The van der Waals surface area contributed by atoms with Gasteiger partial charge in [-0.05, 0) is 35.0 Å². The number of hydrogen-bond acceptors (Lipinski definition) is 0. The molecule has 1 N–H and O–H groups in total. The minimum Gasteiger partial charge on any atom is -0.354 e. The average molecular weight is 380 g/mol. The van der Waals surface area contributed by atoms with Gasteiger partial charge in [0, 0.05) is 37.8 Å². The zero-order chi connectivity index (χ0) is 19.4. The molecule has 3 heterocycles. The van der Waals surface area contributed by atoms with E-state index in [2.05, 4.69) is 100 Å². The Morgan fingerprint density at radius 2 is 1.23 bits per heavy atom. The second-order valence-electron chi connectivity index (χ2n) is 8.27. The maximum absolute atomic E-state index is 3.76. The molecule has 0 radical (unpaired) electrons. The summed E-state index contributed by atoms with van der Waals surface area (Å²) >= 11 is 0. The second-order valence-corrected chi connectivity index (χ2v) is 8.27. The lowest BCUT2D eigenvalue weighted by molar-refractivity contribution is 1.36. The summed E-state index contributed by atoms with van der Waals surface area (Å²) in [4.78, 5) is 3.76. The lowest BCUT2D eigenvalue weighted by atomic mass is 9.99. The highest BCUT2D eigenvalue weighted by Crippen LogP contribution is 2.43. The molecule has 0 saturated heterocycles. The molecule has 8 rings (SSSR count). The zero-order valence-corrected chi connectivity index (χ0v) is 16.1. The Kier molecular flexibility index (Phi) is 2.44. The average Bonchev–Trinajstić information content (AvgIpc) is 3.31. The third kappa shape index (κ3) is 1.56. The number of aromatic nitrogens is 2. The summed E-state index contributed by atoms with van der Waals surface area (Å²) in [5.41, 5.74) is 6.25. The van der Waals surface area contributed by atoms with E-state index in [1.54, 1.807) is 0 Å². The molecule has 0 aliphatic heterocycles. The summed E-state index contributed by atoms with van der Waals surface area (Å²) in [6.07, 6.45) is 0. The van der Waals surface area contributed by atoms with Crippen molar-refractivity contribution in [2.75, 3.05) is 0 Å². The van der Waals surface area contributed by atoms with Crippen molar-refractivity contribution in [3.05, 3.63) is 91.0 Å². The minimum absolute atomic E-state index is 1.19. The molecule has 3 aromatic heterocycles. The van der Waals surface area contributed by atoms with E-state index in [0.717, 1.165) is 0 Å². The molecule has 0 bridgehead atoms. The van der Waals surface area contributed by atoms with Gasteiger partial charge in [0.25, 0.3) is 0 Å². The van der Waals surface area contributed by atoms with Gasteiger partial charge in [-0.15, -0.1) is 0 Å². The van der Waals surface area contributed by atoms with Crippen LogP contribution in [-0.4, -0.2) is 9.38 Å². The number of benzene rings is 5. The number of para-hydroxylation sites is 2. The molecule has 0 fully saturated rings. The van der Waals surface area contributed by atoms with E-state index < -0.39 is 0 Å². The molecule has 0 saturated carbocycles. The van der Waals surface area contributed by atoms with Crippen molar-refractivity contribution in [3.8, 4) is 0 Å². The van der Waals surface area contributed by atoms with Crippen LogP contribution >= 0.6 is 0 Å². The van der Waals surface area contributed by atoms with E-state index in [-0.39, 0.29) is 0 Å². The van der Waals surface area contributed by atoms with Crippen LogP contribution in [0.1, 0.15) is 0 Å². The Hall–Kier alpha value is -4.04. The largest absolute Gasteiger partial charge is 0.354 e. The van der Waals surface area contributed by atoms with Crippen LogP contribution in [0.4, 0.5) is 0 Å². The van der Waals surface area contributed by atoms with Crippen LogP contribution in [0.5, 0.6) is 0 Å². The Balaban J connectivity index is 1.90. The second kappa shape index (κ2) is 4.92. The molecule has 30 heavy (non-hydrogen) atoms. The van der Waals surface area contributed by atoms with Gasteiger partial charge in [0.05, 0.1) is 22.1 Å². The fourth-order valence-electron chi connectivity index (χ4n) is 5.66. The first-order chi connectivity index (χ1) is 14.9. The molecule has 8 aromatic rings. The lowest BCUT2D eigenvalue weighted by Gasteiger charge is -2.04. The molecule has 0 aliphatic carbocycles. The van der Waals surface area contributed by atoms with Crippen LogP contribution in [0.2, 0.25) is 0 Å². The number of rotatable bonds is 0. The van der Waals surface area contributed by atoms with Crippen molar-refractivity contribution in [2.24, 2.45) is 0 Å². The minimum atomic E-state index is 1.19. The molecule has 0 aliphatic rings. The smallest absolute Gasteiger partial charge is 0.0619 e. The highest BCUT2D eigenvalue weighted by atomic mass is 14.9. The normalized spacial score (nSPS) is 12.7. The van der Waals surface area contributed by atoms with Crippen LogP contribution in [0, 0.1) is 0 Å². The van der Waals surface area contributed by atoms with E-state index in [4.69, 9.17) is 0 Å². The summed E-state index contributed by atoms with van der Waals surface area (Å²) in [7, 11) is 0. The van der Waals surface area contributed by atoms with Gasteiger partial charge < -0.3 is 9.38 Å². The van der Waals surface area contributed by atoms with Crippen molar-refractivity contribution in [1.82, 2.24) is 9.38 Å². The molecule has 0 amide bonds. The fraction of sp³-hybridized carbons (Fsp3) is 0. The van der Waals surface area contributed by atoms with Gasteiger partial charge in [-0.3, -0.25) is 0 Å². The van der Waals surface area contributed by atoms with E-state index in [0.29, 0.717) is 0 Å². The number of nitrogens with one attached hydrogen (secondary N) is 1. The van der Waals surface area contributed by atoms with Crippen LogP contribution in [-0.2, 0) is 0 Å². The number of H-pyrrole nitrogens is 1. The Morgan fingerprint density at radius 1 is 0.533 bits per heavy atom. The van der Waals surface area contributed by atoms with E-state index in [9.17, 15) is 0 Å². The summed E-state index contributed by atoms with van der Waals surface area (Å²) in [6, 6.07) is 33.2. The maximum Gasteiger partial charge on any atom is 0.0619 e. The van der Waals surface area contributed by atoms with E-state index >= 15 is 0 Å². The topological polar surface area (TPSA) is 20.2 Å². The number of hydrogen-bond donors (Lipinski definition) is 1. The van der Waals surface area contributed by atoms with E-state index in [1.807, 2.05) is 0 Å². The Labute approximate surface area is 171 Å². The fourth-order valence-corrected chi connectivity index (χ4v) is 5.66. The maximum atomic E-state index is 3.76. The van der Waals surface area contributed by atoms with Crippen molar-refractivity contribution in [3.63, 3.8) is 0 Å². The molecule has 5 aromatic carbocycles. The van der Waals surface area contributed by atoms with Crippen molar-refractivity contribution in [1.29, 1.82) is 0 Å². The summed E-state index contributed by atoms with van der Waals surface area (Å²) in [5, 5.41) is 10.4. The Morgan fingerprint density at radius 3 is 2.17 bits per heavy atom. The third-order valence-electron chi connectivity index (χ3n) is 6.83. The first-order valence-electron chi connectivity index (χ1n) is 10.4. The SMILES string of the molecule is c1ccc2c(c1)cc1c3cccc4c5ccccc5n(c5cccc6[nH]c2c1c65)c34. The monoisotopic (exact) mass is 380 g/mol. The predicted octanol–water partition coefficient (Wildman–Crippen LogP) is 7.62. The summed E-state index contributed by atoms with van der Waals surface area (Å²) < 4.78 is 2.47. The molecule has 0 atom stereocenters. The van der Waals surface area contributed by atoms with Crippen molar-refractivity contribution in [2.45, 2.75) is 0 Å². The highest BCUT2D eigenvalue weighted by molar-refractivity contribution is 6.34. The molecular weight excluding hydrogens is 364 g/mol. The number of aromatic amines is 1. The van der Waals surface area contributed by atoms with Crippen LogP contribution in [0.3, 0.4) is 0 Å². The zero-order valence-electron chi connectivity index (χ0n) is 16.1. The first kappa shape index (κ1) is 14.9.